The van der Waals surface area contributed by atoms with E-state index < -0.39 is 14.9 Å². The van der Waals surface area contributed by atoms with Gasteiger partial charge in [-0.3, -0.25) is 10.1 Å². The molecule has 0 aliphatic carbocycles. The Kier molecular flexibility index (Phi) is 4.45. The molecule has 116 valence electrons. The normalized spacial score (nSPS) is 20.2. The molecule has 1 atom stereocenters. The van der Waals surface area contributed by atoms with Gasteiger partial charge in [0.25, 0.3) is 5.69 Å². The molecule has 0 aromatic heterocycles. The topological polar surface area (TPSA) is 102 Å². The van der Waals surface area contributed by atoms with E-state index in [1.807, 2.05) is 6.92 Å². The molecule has 0 unspecified atom stereocenters. The number of hydrogen-bond acceptors (Lipinski definition) is 6. The lowest BCUT2D eigenvalue weighted by Gasteiger charge is -2.31. The summed E-state index contributed by atoms with van der Waals surface area (Å²) in [5.74, 6) is 0.104. The van der Waals surface area contributed by atoms with Crippen LogP contribution in [0.4, 0.5) is 5.69 Å². The molecule has 0 saturated carbocycles. The second-order valence-corrected chi connectivity index (χ2v) is 6.72. The number of piperazine rings is 1. The fourth-order valence-corrected chi connectivity index (χ4v) is 3.94. The lowest BCUT2D eigenvalue weighted by atomic mass is 10.3. The maximum absolute atomic E-state index is 12.7. The Bertz CT molecular complexity index is 646. The van der Waals surface area contributed by atoms with E-state index in [0.717, 1.165) is 6.07 Å². The first-order valence-corrected chi connectivity index (χ1v) is 7.86. The van der Waals surface area contributed by atoms with Gasteiger partial charge in [-0.1, -0.05) is 0 Å². The smallest absolute Gasteiger partial charge is 0.271 e. The second-order valence-electron chi connectivity index (χ2n) is 4.81. The van der Waals surface area contributed by atoms with Gasteiger partial charge in [0.1, 0.15) is 10.6 Å². The van der Waals surface area contributed by atoms with Gasteiger partial charge in [-0.05, 0) is 13.0 Å². The van der Waals surface area contributed by atoms with Gasteiger partial charge in [0, 0.05) is 37.8 Å². The Balaban J connectivity index is 2.47. The summed E-state index contributed by atoms with van der Waals surface area (Å²) in [6.07, 6.45) is 0. The van der Waals surface area contributed by atoms with Crippen molar-refractivity contribution in [1.82, 2.24) is 9.62 Å². The van der Waals surface area contributed by atoms with Crippen LogP contribution >= 0.6 is 0 Å². The van der Waals surface area contributed by atoms with E-state index in [1.165, 1.54) is 23.5 Å². The van der Waals surface area contributed by atoms with Gasteiger partial charge < -0.3 is 10.1 Å². The van der Waals surface area contributed by atoms with Crippen LogP contribution in [0.2, 0.25) is 0 Å². The van der Waals surface area contributed by atoms with Crippen molar-refractivity contribution in [3.05, 3.63) is 28.3 Å². The number of ether oxygens (including phenoxy) is 1. The number of benzene rings is 1. The molecule has 9 heteroatoms. The third-order valence-corrected chi connectivity index (χ3v) is 5.19. The number of nitro groups is 1. The predicted octanol–water partition coefficient (Wildman–Crippen LogP) is 0.586. The fourth-order valence-electron chi connectivity index (χ4n) is 2.23. The lowest BCUT2D eigenvalue weighted by molar-refractivity contribution is -0.385. The molecular weight excluding hydrogens is 298 g/mol. The maximum Gasteiger partial charge on any atom is 0.271 e. The van der Waals surface area contributed by atoms with Gasteiger partial charge in [0.2, 0.25) is 10.0 Å². The summed E-state index contributed by atoms with van der Waals surface area (Å²) in [6.45, 7) is 3.05. The van der Waals surface area contributed by atoms with Crippen LogP contribution in [-0.2, 0) is 10.0 Å². The Hall–Kier alpha value is -1.71. The summed E-state index contributed by atoms with van der Waals surface area (Å²) in [7, 11) is -2.50. The Morgan fingerprint density at radius 2 is 2.19 bits per heavy atom. The molecule has 2 rings (SSSR count). The molecule has 0 spiro atoms. The highest BCUT2D eigenvalue weighted by Gasteiger charge is 2.32. The van der Waals surface area contributed by atoms with Crippen LogP contribution in [-0.4, -0.2) is 50.4 Å². The largest absolute Gasteiger partial charge is 0.495 e. The van der Waals surface area contributed by atoms with Crippen LogP contribution in [0.25, 0.3) is 0 Å². The third-order valence-electron chi connectivity index (χ3n) is 3.31. The summed E-state index contributed by atoms with van der Waals surface area (Å²) in [5, 5.41) is 14.0. The molecular formula is C12H17N3O5S. The monoisotopic (exact) mass is 315 g/mol. The minimum Gasteiger partial charge on any atom is -0.495 e. The van der Waals surface area contributed by atoms with Crippen molar-refractivity contribution >= 4 is 15.7 Å². The number of methoxy groups -OCH3 is 1. The highest BCUT2D eigenvalue weighted by atomic mass is 32.2. The molecule has 1 aliphatic rings. The number of nitro benzene ring substituents is 1. The molecule has 21 heavy (non-hydrogen) atoms. The van der Waals surface area contributed by atoms with Crippen LogP contribution in [0.5, 0.6) is 5.75 Å². The Morgan fingerprint density at radius 1 is 1.48 bits per heavy atom. The first-order chi connectivity index (χ1) is 9.86. The van der Waals surface area contributed by atoms with Gasteiger partial charge in [0.05, 0.1) is 12.0 Å². The molecule has 0 amide bonds. The Labute approximate surface area is 122 Å². The van der Waals surface area contributed by atoms with Crippen LogP contribution in [0.1, 0.15) is 6.92 Å². The SMILES string of the molecule is COc1ccc([N+](=O)[O-])cc1S(=O)(=O)N1CCN[C@@H](C)C1. The highest BCUT2D eigenvalue weighted by Crippen LogP contribution is 2.30. The number of nitrogens with zero attached hydrogens (tertiary/aromatic N) is 2. The zero-order valence-corrected chi connectivity index (χ0v) is 12.6. The zero-order chi connectivity index (χ0) is 15.6. The average Bonchev–Trinajstić information content (AvgIpc) is 2.46. The van der Waals surface area contributed by atoms with Crippen molar-refractivity contribution in [2.75, 3.05) is 26.7 Å². The molecule has 1 fully saturated rings. The van der Waals surface area contributed by atoms with Crippen molar-refractivity contribution in [2.24, 2.45) is 0 Å². The first-order valence-electron chi connectivity index (χ1n) is 6.42. The molecule has 0 bridgehead atoms. The summed E-state index contributed by atoms with van der Waals surface area (Å²) >= 11 is 0. The van der Waals surface area contributed by atoms with Crippen molar-refractivity contribution < 1.29 is 18.1 Å². The average molecular weight is 315 g/mol. The van der Waals surface area contributed by atoms with Crippen molar-refractivity contribution in [1.29, 1.82) is 0 Å². The van der Waals surface area contributed by atoms with Crippen molar-refractivity contribution in [2.45, 2.75) is 17.9 Å². The summed E-state index contributed by atoms with van der Waals surface area (Å²) in [4.78, 5) is 10.1. The molecule has 1 N–H and O–H groups in total. The number of rotatable bonds is 4. The van der Waals surface area contributed by atoms with Gasteiger partial charge in [-0.2, -0.15) is 4.31 Å². The van der Waals surface area contributed by atoms with E-state index in [-0.39, 0.29) is 22.4 Å². The van der Waals surface area contributed by atoms with Gasteiger partial charge in [-0.15, -0.1) is 0 Å². The third kappa shape index (κ3) is 3.14. The van der Waals surface area contributed by atoms with E-state index in [9.17, 15) is 18.5 Å². The quantitative estimate of drug-likeness (QED) is 0.644. The lowest BCUT2D eigenvalue weighted by Crippen LogP contribution is -2.51. The first kappa shape index (κ1) is 15.7. The Morgan fingerprint density at radius 3 is 2.76 bits per heavy atom. The van der Waals surface area contributed by atoms with Crippen molar-refractivity contribution in [3.63, 3.8) is 0 Å². The van der Waals surface area contributed by atoms with Crippen LogP contribution in [0.3, 0.4) is 0 Å². The van der Waals surface area contributed by atoms with Crippen LogP contribution in [0.15, 0.2) is 23.1 Å². The van der Waals surface area contributed by atoms with E-state index in [4.69, 9.17) is 4.74 Å². The zero-order valence-electron chi connectivity index (χ0n) is 11.8. The highest BCUT2D eigenvalue weighted by molar-refractivity contribution is 7.89. The number of nitrogens with one attached hydrogen (secondary N) is 1. The van der Waals surface area contributed by atoms with Crippen LogP contribution in [0, 0.1) is 10.1 Å². The molecule has 1 aromatic carbocycles. The van der Waals surface area contributed by atoms with Gasteiger partial charge in [-0.25, -0.2) is 8.42 Å². The minimum absolute atomic E-state index is 0.0261. The van der Waals surface area contributed by atoms with E-state index in [2.05, 4.69) is 5.32 Å². The second kappa shape index (κ2) is 5.96. The maximum atomic E-state index is 12.7. The van der Waals surface area contributed by atoms with Crippen molar-refractivity contribution in [3.8, 4) is 5.75 Å². The van der Waals surface area contributed by atoms with E-state index in [1.54, 1.807) is 0 Å². The molecule has 1 aromatic rings. The predicted molar refractivity (Wildman–Crippen MR) is 75.9 cm³/mol. The van der Waals surface area contributed by atoms with Gasteiger partial charge >= 0.3 is 0 Å². The molecule has 1 aliphatic heterocycles. The molecule has 8 nitrogen and oxygen atoms in total. The molecule has 1 saturated heterocycles. The minimum atomic E-state index is -3.83. The number of non-ortho nitro benzene ring substituents is 1. The number of hydrogen-bond donors (Lipinski definition) is 1. The van der Waals surface area contributed by atoms with E-state index in [0.29, 0.717) is 19.6 Å². The summed E-state index contributed by atoms with van der Waals surface area (Å²) in [5.41, 5.74) is -0.280. The van der Waals surface area contributed by atoms with E-state index >= 15 is 0 Å². The summed E-state index contributed by atoms with van der Waals surface area (Å²) in [6, 6.07) is 3.59. The standard InChI is InChI=1S/C12H17N3O5S/c1-9-8-14(6-5-13-9)21(18,19)12-7-10(15(16)17)3-4-11(12)20-2/h3-4,7,9,13H,5-6,8H2,1-2H3/t9-/m0/s1. The molecule has 0 radical (unpaired) electrons. The fraction of sp³-hybridized carbons (Fsp3) is 0.500. The summed E-state index contributed by atoms with van der Waals surface area (Å²) < 4.78 is 31.7. The van der Waals surface area contributed by atoms with Gasteiger partial charge in [0.15, 0.2) is 0 Å². The van der Waals surface area contributed by atoms with Crippen LogP contribution < -0.4 is 10.1 Å². The molecule has 1 heterocycles. The number of sulfonamides is 1.